The van der Waals surface area contributed by atoms with E-state index in [2.05, 4.69) is 80.4 Å². The molecule has 8 heteroatoms. The summed E-state index contributed by atoms with van der Waals surface area (Å²) in [7, 11) is 0. The predicted molar refractivity (Wildman–Crippen MR) is 230 cm³/mol. The Morgan fingerprint density at radius 2 is 0.607 bits per heavy atom. The first-order valence-electron chi connectivity index (χ1n) is 17.7. The molecule has 0 saturated heterocycles. The SMILES string of the molecule is CSc1ccc(C#Cc2cc(-c3ccccn3)nc(-c3ccccn3)c2)cc1.CSc1ccc(C#Cc2cc(-c3ccccn3)nc(-c3ccccn3)c2)cc1. The van der Waals surface area contributed by atoms with Crippen LogP contribution in [0.1, 0.15) is 22.3 Å². The molecule has 2 aromatic carbocycles. The van der Waals surface area contributed by atoms with Gasteiger partial charge >= 0.3 is 0 Å². The van der Waals surface area contributed by atoms with Crippen molar-refractivity contribution >= 4 is 23.5 Å². The van der Waals surface area contributed by atoms with Crippen molar-refractivity contribution in [2.75, 3.05) is 12.5 Å². The Hall–Kier alpha value is -6.84. The lowest BCUT2D eigenvalue weighted by Crippen LogP contribution is -1.93. The molecule has 268 valence electrons. The molecule has 0 fully saturated rings. The number of hydrogen-bond donors (Lipinski definition) is 0. The van der Waals surface area contributed by atoms with Gasteiger partial charge in [0.1, 0.15) is 0 Å². The fourth-order valence-electron chi connectivity index (χ4n) is 5.42. The molecule has 0 N–H and O–H groups in total. The molecule has 0 spiro atoms. The lowest BCUT2D eigenvalue weighted by Gasteiger charge is -2.05. The van der Waals surface area contributed by atoms with Crippen LogP contribution in [0, 0.1) is 23.7 Å². The quantitative estimate of drug-likeness (QED) is 0.123. The Morgan fingerprint density at radius 3 is 0.857 bits per heavy atom. The van der Waals surface area contributed by atoms with Crippen LogP contribution in [0.5, 0.6) is 0 Å². The van der Waals surface area contributed by atoms with Gasteiger partial charge in [0.15, 0.2) is 0 Å². The fourth-order valence-corrected chi connectivity index (χ4v) is 6.24. The first-order chi connectivity index (χ1) is 27.6. The first-order valence-corrected chi connectivity index (χ1v) is 20.1. The smallest absolute Gasteiger partial charge is 0.0906 e. The Morgan fingerprint density at radius 1 is 0.321 bits per heavy atom. The largest absolute Gasteiger partial charge is 0.255 e. The van der Waals surface area contributed by atoms with E-state index < -0.39 is 0 Å². The highest BCUT2D eigenvalue weighted by Gasteiger charge is 2.09. The van der Waals surface area contributed by atoms with Crippen LogP contribution in [-0.4, -0.2) is 42.4 Å². The maximum absolute atomic E-state index is 4.76. The highest BCUT2D eigenvalue weighted by atomic mass is 32.2. The van der Waals surface area contributed by atoms with E-state index in [-0.39, 0.29) is 0 Å². The molecule has 8 rings (SSSR count). The fraction of sp³-hybridized carbons (Fsp3) is 0.0417. The van der Waals surface area contributed by atoms with Crippen LogP contribution in [-0.2, 0) is 0 Å². The summed E-state index contributed by atoms with van der Waals surface area (Å²) in [5, 5.41) is 0. The third-order valence-corrected chi connectivity index (χ3v) is 9.73. The molecular weight excluding hydrogens is 725 g/mol. The number of aromatic nitrogens is 6. The van der Waals surface area contributed by atoms with Gasteiger partial charge in [0.25, 0.3) is 0 Å². The number of nitrogens with zero attached hydrogens (tertiary/aromatic N) is 6. The van der Waals surface area contributed by atoms with Gasteiger partial charge in [-0.1, -0.05) is 47.9 Å². The average molecular weight is 759 g/mol. The van der Waals surface area contributed by atoms with Gasteiger partial charge in [0.2, 0.25) is 0 Å². The highest BCUT2D eigenvalue weighted by molar-refractivity contribution is 7.98. The minimum atomic E-state index is 0.783. The number of benzene rings is 2. The molecule has 0 radical (unpaired) electrons. The summed E-state index contributed by atoms with van der Waals surface area (Å²) in [6, 6.07) is 47.6. The van der Waals surface area contributed by atoms with Crippen molar-refractivity contribution in [1.82, 2.24) is 29.9 Å². The van der Waals surface area contributed by atoms with Crippen molar-refractivity contribution in [1.29, 1.82) is 0 Å². The number of pyridine rings is 6. The van der Waals surface area contributed by atoms with Crippen LogP contribution < -0.4 is 0 Å². The average Bonchev–Trinajstić information content (AvgIpc) is 3.29. The summed E-state index contributed by atoms with van der Waals surface area (Å²) in [6.45, 7) is 0. The topological polar surface area (TPSA) is 77.3 Å². The lowest BCUT2D eigenvalue weighted by molar-refractivity contribution is 1.21. The summed E-state index contributed by atoms with van der Waals surface area (Å²) < 4.78 is 0. The molecule has 0 bridgehead atoms. The molecule has 8 aromatic rings. The normalized spacial score (nSPS) is 10.2. The second kappa shape index (κ2) is 19.0. The van der Waals surface area contributed by atoms with Gasteiger partial charge in [-0.05, 0) is 134 Å². The van der Waals surface area contributed by atoms with Crippen LogP contribution in [0.4, 0.5) is 0 Å². The Bertz CT molecular complexity index is 2330. The minimum Gasteiger partial charge on any atom is -0.255 e. The van der Waals surface area contributed by atoms with Gasteiger partial charge < -0.3 is 0 Å². The summed E-state index contributed by atoms with van der Waals surface area (Å²) in [6.07, 6.45) is 11.2. The zero-order chi connectivity index (χ0) is 38.4. The molecular formula is C48H34N6S2. The Labute approximate surface area is 336 Å². The van der Waals surface area contributed by atoms with Crippen molar-refractivity contribution in [3.63, 3.8) is 0 Å². The van der Waals surface area contributed by atoms with Gasteiger partial charge in [-0.2, -0.15) is 0 Å². The third-order valence-electron chi connectivity index (χ3n) is 8.24. The van der Waals surface area contributed by atoms with E-state index in [9.17, 15) is 0 Å². The molecule has 0 aliphatic rings. The van der Waals surface area contributed by atoms with Crippen LogP contribution in [0.3, 0.4) is 0 Å². The molecule has 0 atom stereocenters. The zero-order valence-corrected chi connectivity index (χ0v) is 32.3. The first kappa shape index (κ1) is 37.5. The van der Waals surface area contributed by atoms with E-state index in [0.717, 1.165) is 67.8 Å². The summed E-state index contributed by atoms with van der Waals surface area (Å²) in [4.78, 5) is 29.7. The van der Waals surface area contributed by atoms with Gasteiger partial charge in [0, 0.05) is 56.8 Å². The summed E-state index contributed by atoms with van der Waals surface area (Å²) >= 11 is 3.44. The minimum absolute atomic E-state index is 0.783. The molecule has 6 heterocycles. The summed E-state index contributed by atoms with van der Waals surface area (Å²) in [5.74, 6) is 13.0. The van der Waals surface area contributed by atoms with Gasteiger partial charge in [-0.25, -0.2) is 9.97 Å². The molecule has 6 nitrogen and oxygen atoms in total. The van der Waals surface area contributed by atoms with E-state index in [4.69, 9.17) is 9.97 Å². The van der Waals surface area contributed by atoms with E-state index in [1.807, 2.05) is 121 Å². The van der Waals surface area contributed by atoms with Crippen LogP contribution in [0.15, 0.2) is 180 Å². The third kappa shape index (κ3) is 10.2. The van der Waals surface area contributed by atoms with E-state index >= 15 is 0 Å². The number of thioether (sulfide) groups is 2. The van der Waals surface area contributed by atoms with E-state index in [1.54, 1.807) is 48.3 Å². The van der Waals surface area contributed by atoms with Gasteiger partial charge in [0.05, 0.1) is 45.6 Å². The van der Waals surface area contributed by atoms with E-state index in [0.29, 0.717) is 0 Å². The molecule has 56 heavy (non-hydrogen) atoms. The van der Waals surface area contributed by atoms with Crippen molar-refractivity contribution in [2.45, 2.75) is 9.79 Å². The van der Waals surface area contributed by atoms with Crippen LogP contribution in [0.2, 0.25) is 0 Å². The number of hydrogen-bond acceptors (Lipinski definition) is 8. The monoisotopic (exact) mass is 758 g/mol. The molecule has 0 aliphatic heterocycles. The van der Waals surface area contributed by atoms with Crippen molar-refractivity contribution in [3.05, 3.63) is 193 Å². The Balaban J connectivity index is 0.000000172. The van der Waals surface area contributed by atoms with Crippen molar-refractivity contribution < 1.29 is 0 Å². The second-order valence-electron chi connectivity index (χ2n) is 12.1. The van der Waals surface area contributed by atoms with Crippen molar-refractivity contribution in [2.24, 2.45) is 0 Å². The van der Waals surface area contributed by atoms with Crippen molar-refractivity contribution in [3.8, 4) is 69.2 Å². The molecule has 0 aliphatic carbocycles. The lowest BCUT2D eigenvalue weighted by atomic mass is 10.1. The maximum Gasteiger partial charge on any atom is 0.0906 e. The van der Waals surface area contributed by atoms with Gasteiger partial charge in [-0.15, -0.1) is 23.5 Å². The maximum atomic E-state index is 4.76. The molecule has 0 amide bonds. The predicted octanol–water partition coefficient (Wildman–Crippen LogP) is 10.7. The van der Waals surface area contributed by atoms with Crippen LogP contribution >= 0.6 is 23.5 Å². The Kier molecular flexibility index (Phi) is 12.7. The van der Waals surface area contributed by atoms with Gasteiger partial charge in [-0.3, -0.25) is 19.9 Å². The van der Waals surface area contributed by atoms with E-state index in [1.165, 1.54) is 9.79 Å². The highest BCUT2D eigenvalue weighted by Crippen LogP contribution is 2.24. The molecule has 0 unspecified atom stereocenters. The standard InChI is InChI=1S/2C24H17N3S/c2*1-28-20-12-10-18(11-13-20)8-9-19-16-23(21-6-2-4-14-25-21)27-24(17-19)22-7-3-5-15-26-22/h2*2-7,10-17H,1H3. The second-order valence-corrected chi connectivity index (χ2v) is 13.8. The molecule has 6 aromatic heterocycles. The van der Waals surface area contributed by atoms with Crippen LogP contribution in [0.25, 0.3) is 45.6 Å². The zero-order valence-electron chi connectivity index (χ0n) is 30.7. The molecule has 0 saturated carbocycles. The number of rotatable bonds is 6. The summed E-state index contributed by atoms with van der Waals surface area (Å²) in [5.41, 5.74) is 10.1.